The van der Waals surface area contributed by atoms with Crippen LogP contribution in [0.2, 0.25) is 10.0 Å². The lowest BCUT2D eigenvalue weighted by molar-refractivity contribution is -0.144. The van der Waals surface area contributed by atoms with Crippen LogP contribution in [0.15, 0.2) is 48.5 Å². The Kier molecular flexibility index (Phi) is 13.8. The van der Waals surface area contributed by atoms with Crippen LogP contribution in [0.5, 0.6) is 0 Å². The summed E-state index contributed by atoms with van der Waals surface area (Å²) in [5, 5.41) is 16.0. The first-order valence-corrected chi connectivity index (χ1v) is 13.9. The number of hydrogen-bond donors (Lipinski definition) is 4. The van der Waals surface area contributed by atoms with Gasteiger partial charge in [-0.1, -0.05) is 73.4 Å². The van der Waals surface area contributed by atoms with E-state index in [0.29, 0.717) is 0 Å². The van der Waals surface area contributed by atoms with Gasteiger partial charge in [-0.3, -0.25) is 24.0 Å². The fourth-order valence-electron chi connectivity index (χ4n) is 3.64. The van der Waals surface area contributed by atoms with Gasteiger partial charge in [0.05, 0.1) is 22.0 Å². The van der Waals surface area contributed by atoms with E-state index in [9.17, 15) is 38.7 Å². The number of halogens is 2. The zero-order valence-electron chi connectivity index (χ0n) is 23.9. The van der Waals surface area contributed by atoms with E-state index < -0.39 is 78.5 Å². The maximum atomic E-state index is 12.9. The summed E-state index contributed by atoms with van der Waals surface area (Å²) in [5.74, 6) is -7.50. The minimum atomic E-state index is -1.85. The van der Waals surface area contributed by atoms with Gasteiger partial charge in [0.1, 0.15) is 24.7 Å². The number of carboxylic acids is 1. The van der Waals surface area contributed by atoms with Crippen molar-refractivity contribution in [3.05, 3.63) is 69.7 Å². The Balaban J connectivity index is 1.98. The predicted octanol–water partition coefficient (Wildman–Crippen LogP) is 2.70. The summed E-state index contributed by atoms with van der Waals surface area (Å²) in [4.78, 5) is 86.8. The fourth-order valence-corrected chi connectivity index (χ4v) is 4.19. The first-order valence-electron chi connectivity index (χ1n) is 13.2. The van der Waals surface area contributed by atoms with Crippen LogP contribution >= 0.6 is 23.2 Å². The topological polar surface area (TPSA) is 194 Å². The Labute approximate surface area is 262 Å². The molecule has 0 radical (unpaired) electrons. The summed E-state index contributed by atoms with van der Waals surface area (Å²) in [5.41, 5.74) is 0.486. The monoisotopic (exact) mass is 651 g/mol. The molecule has 4 N–H and O–H groups in total. The second-order valence-electron chi connectivity index (χ2n) is 9.78. The van der Waals surface area contributed by atoms with Crippen LogP contribution in [0, 0.1) is 5.92 Å². The second kappa shape index (κ2) is 17.0. The summed E-state index contributed by atoms with van der Waals surface area (Å²) in [7, 11) is 0. The van der Waals surface area contributed by atoms with Crippen LogP contribution in [0.4, 0.5) is 4.79 Å². The first-order chi connectivity index (χ1) is 20.7. The molecule has 0 aliphatic carbocycles. The van der Waals surface area contributed by atoms with Crippen molar-refractivity contribution in [1.29, 1.82) is 0 Å². The van der Waals surface area contributed by atoms with Gasteiger partial charge >= 0.3 is 18.0 Å². The van der Waals surface area contributed by atoms with E-state index in [2.05, 4.69) is 16.0 Å². The molecule has 15 heteroatoms. The molecule has 13 nitrogen and oxygen atoms in total. The van der Waals surface area contributed by atoms with Gasteiger partial charge in [0, 0.05) is 0 Å². The smallest absolute Gasteiger partial charge is 0.408 e. The van der Waals surface area contributed by atoms with Crippen LogP contribution in [0.3, 0.4) is 0 Å². The van der Waals surface area contributed by atoms with E-state index in [1.54, 1.807) is 44.2 Å². The fraction of sp³-hybridized carbons (Fsp3) is 0.345. The normalized spacial score (nSPS) is 12.7. The van der Waals surface area contributed by atoms with Gasteiger partial charge < -0.3 is 30.5 Å². The Morgan fingerprint density at radius 1 is 0.795 bits per heavy atom. The van der Waals surface area contributed by atoms with Gasteiger partial charge in [-0.15, -0.1) is 0 Å². The van der Waals surface area contributed by atoms with Crippen molar-refractivity contribution in [2.75, 3.05) is 6.61 Å². The van der Waals surface area contributed by atoms with E-state index in [0.717, 1.165) is 5.56 Å². The number of ether oxygens (including phenoxy) is 2. The van der Waals surface area contributed by atoms with Crippen LogP contribution in [0.25, 0.3) is 0 Å². The Morgan fingerprint density at radius 2 is 1.41 bits per heavy atom. The highest BCUT2D eigenvalue weighted by Gasteiger charge is 2.33. The number of esters is 1. The number of carbonyl (C=O) groups excluding carboxylic acids is 6. The molecule has 0 saturated heterocycles. The Bertz CT molecular complexity index is 1380. The molecule has 0 heterocycles. The summed E-state index contributed by atoms with van der Waals surface area (Å²) in [6, 6.07) is 8.72. The molecule has 0 saturated carbocycles. The van der Waals surface area contributed by atoms with Crippen LogP contribution in [0.1, 0.15) is 43.1 Å². The van der Waals surface area contributed by atoms with E-state index >= 15 is 0 Å². The molecule has 0 fully saturated rings. The third kappa shape index (κ3) is 11.0. The van der Waals surface area contributed by atoms with Crippen molar-refractivity contribution < 1.29 is 48.1 Å². The second-order valence-corrected chi connectivity index (χ2v) is 10.6. The molecule has 0 aliphatic heterocycles. The number of nitrogens with one attached hydrogen (secondary N) is 3. The van der Waals surface area contributed by atoms with Crippen molar-refractivity contribution in [2.45, 2.75) is 51.9 Å². The van der Waals surface area contributed by atoms with Crippen molar-refractivity contribution >= 4 is 64.6 Å². The molecule has 0 bridgehead atoms. The Morgan fingerprint density at radius 3 is 1.98 bits per heavy atom. The highest BCUT2D eigenvalue weighted by molar-refractivity contribution is 6.41. The number of alkyl carbamates (subject to hydrolysis) is 1. The van der Waals surface area contributed by atoms with Crippen molar-refractivity contribution in [2.24, 2.45) is 5.92 Å². The van der Waals surface area contributed by atoms with Crippen LogP contribution < -0.4 is 16.0 Å². The molecule has 0 aliphatic rings. The molecule has 0 unspecified atom stereocenters. The molecule has 2 aromatic rings. The number of rotatable bonds is 15. The molecular weight excluding hydrogens is 621 g/mol. The number of amides is 3. The van der Waals surface area contributed by atoms with Crippen LogP contribution in [-0.4, -0.2) is 71.3 Å². The maximum absolute atomic E-state index is 12.9. The number of carbonyl (C=O) groups is 7. The molecule has 2 rings (SSSR count). The lowest BCUT2D eigenvalue weighted by Gasteiger charge is -2.24. The largest absolute Gasteiger partial charge is 0.481 e. The lowest BCUT2D eigenvalue weighted by atomic mass is 10.0. The number of benzene rings is 2. The van der Waals surface area contributed by atoms with E-state index in [-0.39, 0.29) is 22.2 Å². The van der Waals surface area contributed by atoms with E-state index in [4.69, 9.17) is 32.7 Å². The summed E-state index contributed by atoms with van der Waals surface area (Å²) in [6.07, 6.45) is -1.85. The first kappa shape index (κ1) is 35.7. The molecular formula is C29H31Cl2N3O10. The van der Waals surface area contributed by atoms with Crippen molar-refractivity contribution in [1.82, 2.24) is 16.0 Å². The number of carboxylic acid groups (broad SMARTS) is 1. The minimum Gasteiger partial charge on any atom is -0.481 e. The number of ketones is 2. The third-order valence-electron chi connectivity index (χ3n) is 5.98. The van der Waals surface area contributed by atoms with Gasteiger partial charge in [0.25, 0.3) is 0 Å². The SMILES string of the molecule is CC(C)[C@H](NC(=O)OCc1ccccc1)C(=O)N[C@@H](C)C(=O)N[C@@H](CC(=O)O)C(=O)C(=O)COC(=O)c1c(Cl)cccc1Cl. The number of Topliss-reactive ketones (excluding diaryl/α,β-unsaturated/α-hetero) is 2. The summed E-state index contributed by atoms with van der Waals surface area (Å²) < 4.78 is 9.96. The average molecular weight is 652 g/mol. The quantitative estimate of drug-likeness (QED) is 0.164. The van der Waals surface area contributed by atoms with Gasteiger partial charge in [-0.05, 0) is 30.5 Å². The zero-order valence-corrected chi connectivity index (χ0v) is 25.4. The standard InChI is InChI=1S/C29H31Cl2N3O10/c1-15(2)24(34-29(42)44-13-17-8-5-4-6-9-17)27(40)32-16(3)26(39)33-20(12-22(36)37)25(38)21(35)14-43-28(41)23-18(30)10-7-11-19(23)31/h4-11,15-16,20,24H,12-14H2,1-3H3,(H,32,40)(H,33,39)(H,34,42)(H,36,37)/t16-,20-,24-/m0/s1. The summed E-state index contributed by atoms with van der Waals surface area (Å²) >= 11 is 11.8. The molecule has 0 spiro atoms. The lowest BCUT2D eigenvalue weighted by Crippen LogP contribution is -2.56. The highest BCUT2D eigenvalue weighted by atomic mass is 35.5. The molecule has 2 aromatic carbocycles. The predicted molar refractivity (Wildman–Crippen MR) is 157 cm³/mol. The highest BCUT2D eigenvalue weighted by Crippen LogP contribution is 2.25. The van der Waals surface area contributed by atoms with Crippen molar-refractivity contribution in [3.63, 3.8) is 0 Å². The maximum Gasteiger partial charge on any atom is 0.408 e. The van der Waals surface area contributed by atoms with Gasteiger partial charge in [-0.25, -0.2) is 9.59 Å². The minimum absolute atomic E-state index is 0.0391. The Hall–Kier alpha value is -4.49. The number of hydrogen-bond acceptors (Lipinski definition) is 9. The third-order valence-corrected chi connectivity index (χ3v) is 6.61. The van der Waals surface area contributed by atoms with Gasteiger partial charge in [0.15, 0.2) is 6.61 Å². The molecule has 44 heavy (non-hydrogen) atoms. The van der Waals surface area contributed by atoms with Crippen molar-refractivity contribution in [3.8, 4) is 0 Å². The number of aliphatic carboxylic acids is 1. The zero-order chi connectivity index (χ0) is 33.0. The average Bonchev–Trinajstić information content (AvgIpc) is 2.96. The molecule has 3 amide bonds. The van der Waals surface area contributed by atoms with Gasteiger partial charge in [-0.2, -0.15) is 0 Å². The summed E-state index contributed by atoms with van der Waals surface area (Å²) in [6.45, 7) is 3.41. The van der Waals surface area contributed by atoms with Gasteiger partial charge in [0.2, 0.25) is 23.4 Å². The molecule has 3 atom stereocenters. The van der Waals surface area contributed by atoms with E-state index in [1.165, 1.54) is 25.1 Å². The molecule has 236 valence electrons. The molecule has 0 aromatic heterocycles. The van der Waals surface area contributed by atoms with E-state index in [1.807, 2.05) is 0 Å². The van der Waals surface area contributed by atoms with Crippen LogP contribution in [-0.2, 0) is 40.1 Å².